The van der Waals surface area contributed by atoms with Crippen LogP contribution in [0.2, 0.25) is 0 Å². The van der Waals surface area contributed by atoms with Gasteiger partial charge < -0.3 is 36.1 Å². The summed E-state index contributed by atoms with van der Waals surface area (Å²) in [6.45, 7) is 0. The predicted octanol–water partition coefficient (Wildman–Crippen LogP) is 4.10. The van der Waals surface area contributed by atoms with E-state index in [1.54, 1.807) is 24.3 Å². The number of carboxylic acids is 1. The average Bonchev–Trinajstić information content (AvgIpc) is 3.45. The number of methoxy groups -OCH3 is 2. The Bertz CT molecular complexity index is 2250. The molecule has 47 heteroatoms. The van der Waals surface area contributed by atoms with Crippen molar-refractivity contribution < 1.29 is 208 Å². The molecule has 4 rings (SSSR count). The first kappa shape index (κ1) is 70.5. The largest absolute Gasteiger partial charge is 0.497 e. The first-order valence-corrected chi connectivity index (χ1v) is 17.8. The van der Waals surface area contributed by atoms with Gasteiger partial charge in [-0.15, -0.1) is 0 Å². The molecule has 0 aliphatic heterocycles. The maximum atomic E-state index is 12.9. The fourth-order valence-corrected chi connectivity index (χ4v) is 3.78. The zero-order valence-electron chi connectivity index (χ0n) is 37.4. The zero-order valence-corrected chi connectivity index (χ0v) is 37.4. The minimum Gasteiger partial charge on any atom is -0.497 e. The number of hydrogen-bond donors (Lipinski definition) is 8. The number of halogens is 6. The van der Waals surface area contributed by atoms with Crippen molar-refractivity contribution >= 4 is 23.6 Å². The maximum absolute atomic E-state index is 12.9. The Balaban J connectivity index is 0.000000979. The summed E-state index contributed by atoms with van der Waals surface area (Å²) in [6, 6.07) is 18.8. The van der Waals surface area contributed by atoms with Gasteiger partial charge in [0, 0.05) is 11.8 Å². The van der Waals surface area contributed by atoms with Crippen LogP contribution in [0, 0.1) is 0 Å². The second kappa shape index (κ2) is 43.6. The molecule has 0 radical (unpaired) electrons. The van der Waals surface area contributed by atoms with Crippen molar-refractivity contribution in [3.05, 3.63) is 125 Å². The molecule has 4 aromatic rings. The highest BCUT2D eigenvalue weighted by Gasteiger charge is 2.35. The van der Waals surface area contributed by atoms with Crippen LogP contribution in [-0.4, -0.2) is 74.2 Å². The number of carboxylic acid groups (broad SMARTS) is 1. The van der Waals surface area contributed by atoms with Crippen LogP contribution in [0.5, 0.6) is 11.5 Å². The van der Waals surface area contributed by atoms with E-state index in [9.17, 15) is 35.9 Å². The van der Waals surface area contributed by atoms with E-state index in [1.165, 1.54) is 50.6 Å². The Morgan fingerprint density at radius 2 is 0.872 bits per heavy atom. The average molecular weight is 1160 g/mol. The summed E-state index contributed by atoms with van der Waals surface area (Å²) >= 11 is 0. The van der Waals surface area contributed by atoms with Crippen LogP contribution in [-0.2, 0) is 143 Å². The molecule has 438 valence electrons. The quantitative estimate of drug-likeness (QED) is 0.00532. The Kier molecular flexibility index (Phi) is 39.4. The van der Waals surface area contributed by atoms with Crippen molar-refractivity contribution in [1.29, 1.82) is 0 Å². The number of benzene rings is 3. The topological polar surface area (TPSA) is 504 Å². The number of rotatable bonds is 30. The van der Waals surface area contributed by atoms with Crippen LogP contribution in [0.1, 0.15) is 43.1 Å². The van der Waals surface area contributed by atoms with Crippen molar-refractivity contribution in [3.8, 4) is 11.5 Å². The summed E-state index contributed by atoms with van der Waals surface area (Å²) in [5, 5.41) is 134. The molecule has 41 nitrogen and oxygen atoms in total. The molecule has 0 amide bonds. The van der Waals surface area contributed by atoms with Gasteiger partial charge in [0.2, 0.25) is 0 Å². The number of aromatic nitrogens is 1. The number of alkyl halides is 6. The van der Waals surface area contributed by atoms with Crippen LogP contribution in [0.3, 0.4) is 0 Å². The van der Waals surface area contributed by atoms with E-state index in [0.717, 1.165) is 30.5 Å². The standard InChI is InChI=1S/C15H12F3N3O3.C8H7F3N2O.C8H8O3.H2O15.H2O14/c1-23-10-5-2-4-9(8-10)14(22)24-21-13(19)12-11(15(16,17)18)6-3-7-20-12;9-8(10,11)6-4-2-1-3-5(6)7(12)13-14;1-11-7-4-2-3-6(5-7)8(9)10;1-3-5-7-9-11-13-15-14-12-10-8-6-4-2;1-3-5-7-9-11-13-14-12-10-8-6-4-2/h2-8H,1H3,(H2,19,21);1-4,14H,(H2,12,13);2-5H,1H3,(H,9,10);1-2H;1-2H. The SMILES string of the molecule is COc1cccc(C(=O)O)c1.COc1cccc(C(=O)O/N=C(\N)c2ncccc2C(F)(F)F)c1.N/C(=N\O)c1ccccc1C(F)(F)F.OOOOOOOOOOOOOO.OOOOOOOOOOOOOOO. The van der Waals surface area contributed by atoms with E-state index in [4.69, 9.17) is 52.3 Å². The lowest BCUT2D eigenvalue weighted by atomic mass is 10.1. The second-order valence-corrected chi connectivity index (χ2v) is 10.8. The van der Waals surface area contributed by atoms with Crippen molar-refractivity contribution in [3.63, 3.8) is 0 Å². The molecule has 0 atom stereocenters. The highest BCUT2D eigenvalue weighted by molar-refractivity contribution is 5.99. The number of ether oxygens (including phenoxy) is 2. The number of hydrogen-bond acceptors (Lipinski definition) is 38. The van der Waals surface area contributed by atoms with Crippen LogP contribution in [0.25, 0.3) is 0 Å². The van der Waals surface area contributed by atoms with Gasteiger partial charge in [0.1, 0.15) is 17.2 Å². The van der Waals surface area contributed by atoms with Crippen LogP contribution >= 0.6 is 0 Å². The molecule has 3 aromatic carbocycles. The first-order valence-electron chi connectivity index (χ1n) is 17.8. The predicted molar refractivity (Wildman–Crippen MR) is 200 cm³/mol. The lowest BCUT2D eigenvalue weighted by molar-refractivity contribution is -0.879. The molecule has 0 fully saturated rings. The number of carbonyl (C=O) groups excluding carboxylic acids is 1. The first-order chi connectivity index (χ1) is 37.4. The number of aromatic carboxylic acids is 1. The summed E-state index contributed by atoms with van der Waals surface area (Å²) in [5.41, 5.74) is 7.94. The van der Waals surface area contributed by atoms with Gasteiger partial charge in [0.15, 0.2) is 11.7 Å². The molecule has 0 aliphatic rings. The van der Waals surface area contributed by atoms with Crippen molar-refractivity contribution in [2.75, 3.05) is 14.2 Å². The fourth-order valence-electron chi connectivity index (χ4n) is 3.78. The number of amidine groups is 2. The van der Waals surface area contributed by atoms with Crippen LogP contribution in [0.15, 0.2) is 101 Å². The summed E-state index contributed by atoms with van der Waals surface area (Å²) < 4.78 is 85.5. The third-order valence-electron chi connectivity index (χ3n) is 6.47. The summed E-state index contributed by atoms with van der Waals surface area (Å²) in [6.07, 6.45) is -8.05. The normalized spacial score (nSPS) is 11.3. The third-order valence-corrected chi connectivity index (χ3v) is 6.47. The monoisotopic (exact) mass is 1160 g/mol. The number of pyridine rings is 1. The highest BCUT2D eigenvalue weighted by atomic mass is 19.4. The van der Waals surface area contributed by atoms with Crippen molar-refractivity contribution in [2.45, 2.75) is 12.4 Å². The molecule has 0 unspecified atom stereocenters. The molecule has 0 aliphatic carbocycles. The van der Waals surface area contributed by atoms with Crippen molar-refractivity contribution in [2.24, 2.45) is 21.8 Å². The minimum atomic E-state index is -4.67. The lowest BCUT2D eigenvalue weighted by Crippen LogP contribution is -2.22. The van der Waals surface area contributed by atoms with Gasteiger partial charge in [-0.25, -0.2) is 30.6 Å². The molecule has 0 bridgehead atoms. The number of nitrogens with zero attached hydrogens (tertiary/aromatic N) is 3. The molecule has 0 spiro atoms. The van der Waals surface area contributed by atoms with E-state index >= 15 is 0 Å². The van der Waals surface area contributed by atoms with Gasteiger partial charge in [0.25, 0.3) is 0 Å². The lowest BCUT2D eigenvalue weighted by Gasteiger charge is -2.10. The van der Waals surface area contributed by atoms with Crippen LogP contribution in [0.4, 0.5) is 26.3 Å². The van der Waals surface area contributed by atoms with Crippen molar-refractivity contribution in [1.82, 2.24) is 4.98 Å². The molecule has 0 saturated carbocycles. The van der Waals surface area contributed by atoms with E-state index in [1.807, 2.05) is 0 Å². The highest BCUT2D eigenvalue weighted by Crippen LogP contribution is 2.32. The van der Waals surface area contributed by atoms with Gasteiger partial charge in [0.05, 0.1) is 36.5 Å². The molecular weight excluding hydrogens is 1130 g/mol. The molecule has 0 saturated heterocycles. The van der Waals surface area contributed by atoms with Gasteiger partial charge in [-0.3, -0.25) is 4.98 Å². The van der Waals surface area contributed by atoms with Gasteiger partial charge >= 0.3 is 24.3 Å². The van der Waals surface area contributed by atoms with Crippen LogP contribution < -0.4 is 20.9 Å². The zero-order chi connectivity index (χ0) is 58.5. The molecule has 10 N–H and O–H groups in total. The second-order valence-electron chi connectivity index (χ2n) is 10.8. The minimum absolute atomic E-state index is 0.1000. The Morgan fingerprint density at radius 1 is 0.500 bits per heavy atom. The van der Waals surface area contributed by atoms with E-state index in [0.29, 0.717) is 11.5 Å². The Hall–Kier alpha value is -7.49. The maximum Gasteiger partial charge on any atom is 0.418 e. The Morgan fingerprint density at radius 3 is 1.24 bits per heavy atom. The molecule has 1 aromatic heterocycles. The van der Waals surface area contributed by atoms with Gasteiger partial charge in [-0.2, -0.15) is 26.3 Å². The third kappa shape index (κ3) is 33.5. The van der Waals surface area contributed by atoms with Gasteiger partial charge in [-0.05, 0) is 181 Å². The summed E-state index contributed by atoms with van der Waals surface area (Å²) in [7, 11) is 2.92. The number of nitrogens with two attached hydrogens (primary N) is 2. The smallest absolute Gasteiger partial charge is 0.418 e. The molecule has 1 heterocycles. The van der Waals surface area contributed by atoms with E-state index < -0.39 is 52.8 Å². The fraction of sp³-hybridized carbons (Fsp3) is 0.129. The Labute approximate surface area is 420 Å². The summed E-state index contributed by atoms with van der Waals surface area (Å²) in [4.78, 5) is 30.4. The molecular formula is C31H31F6N5O36. The summed E-state index contributed by atoms with van der Waals surface area (Å²) in [5.74, 6) is -2.10. The number of carbonyl (C=O) groups is 2. The number of oxime groups is 2. The molecule has 78 heavy (non-hydrogen) atoms. The van der Waals surface area contributed by atoms with E-state index in [2.05, 4.69) is 146 Å². The van der Waals surface area contributed by atoms with Gasteiger partial charge in [-0.1, -0.05) is 40.6 Å². The van der Waals surface area contributed by atoms with E-state index in [-0.39, 0.29) is 16.7 Å².